The number of anilines is 1. The molecule has 0 saturated heterocycles. The molecule has 0 saturated carbocycles. The molecule has 0 fully saturated rings. The second-order valence-electron chi connectivity index (χ2n) is 5.42. The largest absolute Gasteiger partial charge is 0.322 e. The van der Waals surface area contributed by atoms with Gasteiger partial charge < -0.3 is 5.32 Å². The molecule has 0 aliphatic heterocycles. The number of aromatic nitrogens is 3. The molecule has 2 aromatic heterocycles. The SMILES string of the molecule is Cc1nn(-c2ccccc2)c(C)c1NC(=O)CSc1ncccc1Cl. The third kappa shape index (κ3) is 4.03. The minimum atomic E-state index is -0.120. The van der Waals surface area contributed by atoms with Gasteiger partial charge in [-0.1, -0.05) is 41.6 Å². The lowest BCUT2D eigenvalue weighted by Crippen LogP contribution is -2.15. The number of rotatable bonds is 5. The number of para-hydroxylation sites is 1. The van der Waals surface area contributed by atoms with Crippen LogP contribution in [0.3, 0.4) is 0 Å². The van der Waals surface area contributed by atoms with Gasteiger partial charge in [0.15, 0.2) is 0 Å². The lowest BCUT2D eigenvalue weighted by molar-refractivity contribution is -0.113. The fourth-order valence-electron chi connectivity index (χ4n) is 2.43. The minimum Gasteiger partial charge on any atom is -0.322 e. The van der Waals surface area contributed by atoms with E-state index in [0.717, 1.165) is 22.8 Å². The average molecular weight is 373 g/mol. The van der Waals surface area contributed by atoms with E-state index < -0.39 is 0 Å². The van der Waals surface area contributed by atoms with Gasteiger partial charge in [0.25, 0.3) is 0 Å². The zero-order chi connectivity index (χ0) is 17.8. The summed E-state index contributed by atoms with van der Waals surface area (Å²) >= 11 is 7.37. The van der Waals surface area contributed by atoms with Gasteiger partial charge in [0.05, 0.1) is 33.5 Å². The van der Waals surface area contributed by atoms with E-state index >= 15 is 0 Å². The summed E-state index contributed by atoms with van der Waals surface area (Å²) < 4.78 is 1.83. The molecule has 0 bridgehead atoms. The number of carbonyl (C=O) groups is 1. The van der Waals surface area contributed by atoms with Gasteiger partial charge in [0.1, 0.15) is 5.03 Å². The van der Waals surface area contributed by atoms with Crippen LogP contribution in [0.25, 0.3) is 5.69 Å². The molecule has 0 aliphatic rings. The molecule has 128 valence electrons. The predicted octanol–water partition coefficient (Wildman–Crippen LogP) is 4.27. The molecule has 5 nitrogen and oxygen atoms in total. The van der Waals surface area contributed by atoms with E-state index in [1.54, 1.807) is 18.3 Å². The summed E-state index contributed by atoms with van der Waals surface area (Å²) in [6.45, 7) is 3.82. The zero-order valence-electron chi connectivity index (χ0n) is 13.9. The summed E-state index contributed by atoms with van der Waals surface area (Å²) in [6.07, 6.45) is 1.66. The number of nitrogens with zero attached hydrogens (tertiary/aromatic N) is 3. The van der Waals surface area contributed by atoms with Crippen molar-refractivity contribution < 1.29 is 4.79 Å². The van der Waals surface area contributed by atoms with Crippen LogP contribution >= 0.6 is 23.4 Å². The monoisotopic (exact) mass is 372 g/mol. The highest BCUT2D eigenvalue weighted by Crippen LogP contribution is 2.26. The maximum atomic E-state index is 12.3. The van der Waals surface area contributed by atoms with Crippen molar-refractivity contribution in [2.24, 2.45) is 0 Å². The molecule has 0 unspecified atom stereocenters. The Kier molecular flexibility index (Phi) is 5.40. The number of aryl methyl sites for hydroxylation is 1. The van der Waals surface area contributed by atoms with E-state index in [1.165, 1.54) is 11.8 Å². The lowest BCUT2D eigenvalue weighted by Gasteiger charge is -2.07. The molecule has 0 atom stereocenters. The highest BCUT2D eigenvalue weighted by Gasteiger charge is 2.15. The van der Waals surface area contributed by atoms with Crippen molar-refractivity contribution in [3.05, 3.63) is 65.1 Å². The van der Waals surface area contributed by atoms with Gasteiger partial charge in [-0.05, 0) is 38.1 Å². The van der Waals surface area contributed by atoms with E-state index in [9.17, 15) is 4.79 Å². The quantitative estimate of drug-likeness (QED) is 0.679. The van der Waals surface area contributed by atoms with Crippen LogP contribution in [0.15, 0.2) is 53.7 Å². The molecule has 0 aliphatic carbocycles. The second kappa shape index (κ2) is 7.72. The topological polar surface area (TPSA) is 59.8 Å². The fourth-order valence-corrected chi connectivity index (χ4v) is 3.40. The van der Waals surface area contributed by atoms with Crippen LogP contribution < -0.4 is 5.32 Å². The van der Waals surface area contributed by atoms with E-state index in [2.05, 4.69) is 15.4 Å². The van der Waals surface area contributed by atoms with Crippen LogP contribution in [0.2, 0.25) is 5.02 Å². The molecule has 0 spiro atoms. The Hall–Kier alpha value is -2.31. The molecule has 2 heterocycles. The van der Waals surface area contributed by atoms with Crippen molar-refractivity contribution in [3.63, 3.8) is 0 Å². The number of amides is 1. The van der Waals surface area contributed by atoms with Crippen LogP contribution in [0.4, 0.5) is 5.69 Å². The van der Waals surface area contributed by atoms with Gasteiger partial charge in [-0.15, -0.1) is 0 Å². The normalized spacial score (nSPS) is 10.7. The lowest BCUT2D eigenvalue weighted by atomic mass is 10.3. The van der Waals surface area contributed by atoms with Gasteiger partial charge in [0, 0.05) is 6.20 Å². The number of hydrogen-bond acceptors (Lipinski definition) is 4. The average Bonchev–Trinajstić information content (AvgIpc) is 2.90. The fraction of sp³-hybridized carbons (Fsp3) is 0.167. The van der Waals surface area contributed by atoms with Crippen molar-refractivity contribution in [2.75, 3.05) is 11.1 Å². The van der Waals surface area contributed by atoms with E-state index in [1.807, 2.05) is 48.9 Å². The Labute approximate surface area is 155 Å². The standard InChI is InChI=1S/C18H17ClN4OS/c1-12-17(13(2)23(22-12)14-7-4-3-5-8-14)21-16(24)11-25-18-15(19)9-6-10-20-18/h3-10H,11H2,1-2H3,(H,21,24). The molecule has 3 rings (SSSR count). The van der Waals surface area contributed by atoms with E-state index in [0.29, 0.717) is 10.0 Å². The Balaban J connectivity index is 1.72. The molecular formula is C18H17ClN4OS. The first-order valence-corrected chi connectivity index (χ1v) is 9.07. The summed E-state index contributed by atoms with van der Waals surface area (Å²) in [5.41, 5.74) is 3.35. The van der Waals surface area contributed by atoms with Crippen molar-refractivity contribution in [2.45, 2.75) is 18.9 Å². The smallest absolute Gasteiger partial charge is 0.234 e. The van der Waals surface area contributed by atoms with Crippen molar-refractivity contribution in [3.8, 4) is 5.69 Å². The number of carbonyl (C=O) groups excluding carboxylic acids is 1. The molecule has 1 N–H and O–H groups in total. The maximum absolute atomic E-state index is 12.3. The van der Waals surface area contributed by atoms with Gasteiger partial charge >= 0.3 is 0 Å². The summed E-state index contributed by atoms with van der Waals surface area (Å²) in [7, 11) is 0. The molecule has 1 aromatic carbocycles. The Bertz CT molecular complexity index is 895. The Morgan fingerprint density at radius 2 is 1.96 bits per heavy atom. The summed E-state index contributed by atoms with van der Waals surface area (Å²) in [5, 5.41) is 8.66. The number of pyridine rings is 1. The van der Waals surface area contributed by atoms with E-state index in [4.69, 9.17) is 11.6 Å². The predicted molar refractivity (Wildman–Crippen MR) is 102 cm³/mol. The first-order chi connectivity index (χ1) is 12.1. The van der Waals surface area contributed by atoms with Gasteiger partial charge in [-0.3, -0.25) is 4.79 Å². The molecule has 7 heteroatoms. The van der Waals surface area contributed by atoms with Crippen molar-refractivity contribution in [1.29, 1.82) is 0 Å². The Morgan fingerprint density at radius 3 is 2.68 bits per heavy atom. The number of nitrogens with one attached hydrogen (secondary N) is 1. The summed E-state index contributed by atoms with van der Waals surface area (Å²) in [5.74, 6) is 0.108. The molecular weight excluding hydrogens is 356 g/mol. The third-order valence-corrected chi connectivity index (χ3v) is 5.04. The third-order valence-electron chi connectivity index (χ3n) is 3.62. The second-order valence-corrected chi connectivity index (χ2v) is 6.79. The molecule has 1 amide bonds. The van der Waals surface area contributed by atoms with Crippen LogP contribution in [0, 0.1) is 13.8 Å². The number of halogens is 1. The van der Waals surface area contributed by atoms with Gasteiger partial charge in [-0.2, -0.15) is 5.10 Å². The first-order valence-electron chi connectivity index (χ1n) is 7.71. The van der Waals surface area contributed by atoms with E-state index in [-0.39, 0.29) is 11.7 Å². The zero-order valence-corrected chi connectivity index (χ0v) is 15.4. The molecule has 0 radical (unpaired) electrons. The van der Waals surface area contributed by atoms with Crippen molar-refractivity contribution >= 4 is 35.0 Å². The highest BCUT2D eigenvalue weighted by atomic mass is 35.5. The number of thioether (sulfide) groups is 1. The van der Waals surface area contributed by atoms with Crippen molar-refractivity contribution in [1.82, 2.24) is 14.8 Å². The van der Waals surface area contributed by atoms with Crippen LogP contribution in [-0.2, 0) is 4.79 Å². The number of hydrogen-bond donors (Lipinski definition) is 1. The summed E-state index contributed by atoms with van der Waals surface area (Å²) in [6, 6.07) is 13.3. The molecule has 25 heavy (non-hydrogen) atoms. The first kappa shape index (κ1) is 17.5. The highest BCUT2D eigenvalue weighted by molar-refractivity contribution is 8.00. The van der Waals surface area contributed by atoms with Crippen LogP contribution in [-0.4, -0.2) is 26.4 Å². The molecule has 3 aromatic rings. The van der Waals surface area contributed by atoms with Gasteiger partial charge in [0.2, 0.25) is 5.91 Å². The van der Waals surface area contributed by atoms with Gasteiger partial charge in [-0.25, -0.2) is 9.67 Å². The Morgan fingerprint density at radius 1 is 1.20 bits per heavy atom. The number of benzene rings is 1. The minimum absolute atomic E-state index is 0.120. The van der Waals surface area contributed by atoms with Crippen LogP contribution in [0.1, 0.15) is 11.4 Å². The summed E-state index contributed by atoms with van der Waals surface area (Å²) in [4.78, 5) is 16.5. The van der Waals surface area contributed by atoms with Crippen LogP contribution in [0.5, 0.6) is 0 Å². The maximum Gasteiger partial charge on any atom is 0.234 e.